The third kappa shape index (κ3) is 3.21. The number of nitrogens with zero attached hydrogens (tertiary/aromatic N) is 2. The Morgan fingerprint density at radius 3 is 2.60 bits per heavy atom. The number of furan rings is 1. The molecule has 2 rings (SSSR count). The van der Waals surface area contributed by atoms with Crippen molar-refractivity contribution >= 4 is 10.0 Å². The van der Waals surface area contributed by atoms with Crippen molar-refractivity contribution in [3.63, 3.8) is 0 Å². The Hall–Kier alpha value is -1.77. The van der Waals surface area contributed by atoms with E-state index >= 15 is 0 Å². The molecule has 7 nitrogen and oxygen atoms in total. The van der Waals surface area contributed by atoms with Crippen molar-refractivity contribution in [3.8, 4) is 0 Å². The van der Waals surface area contributed by atoms with E-state index in [1.807, 2.05) is 0 Å². The van der Waals surface area contributed by atoms with Gasteiger partial charge in [0, 0.05) is 12.3 Å². The smallest absolute Gasteiger partial charge is 0.244 e. The quantitative estimate of drug-likeness (QED) is 0.839. The molecule has 20 heavy (non-hydrogen) atoms. The van der Waals surface area contributed by atoms with Crippen LogP contribution >= 0.6 is 0 Å². The molecule has 0 saturated heterocycles. The molecule has 108 valence electrons. The minimum atomic E-state index is -3.71. The summed E-state index contributed by atoms with van der Waals surface area (Å²) in [7, 11) is -3.71. The van der Waals surface area contributed by atoms with E-state index in [2.05, 4.69) is 14.7 Å². The van der Waals surface area contributed by atoms with Gasteiger partial charge < -0.3 is 9.52 Å². The first kappa shape index (κ1) is 14.6. The van der Waals surface area contributed by atoms with Gasteiger partial charge in [-0.1, -0.05) is 0 Å². The molecule has 0 unspecified atom stereocenters. The molecule has 2 heterocycles. The van der Waals surface area contributed by atoms with E-state index in [1.54, 1.807) is 13.1 Å². The second-order valence-electron chi connectivity index (χ2n) is 4.26. The van der Waals surface area contributed by atoms with Gasteiger partial charge in [-0.05, 0) is 13.8 Å². The highest BCUT2D eigenvalue weighted by atomic mass is 32.2. The molecule has 0 aliphatic carbocycles. The molecule has 0 spiro atoms. The lowest BCUT2D eigenvalue weighted by molar-refractivity contribution is 0.244. The number of rotatable bonds is 5. The summed E-state index contributed by atoms with van der Waals surface area (Å²) in [5.74, 6) is 0.439. The maximum absolute atomic E-state index is 12.1. The molecule has 0 bridgehead atoms. The van der Waals surface area contributed by atoms with Crippen LogP contribution in [0.15, 0.2) is 27.8 Å². The fraction of sp³-hybridized carbons (Fsp3) is 0.333. The van der Waals surface area contributed by atoms with Crippen LogP contribution in [0.2, 0.25) is 0 Å². The highest BCUT2D eigenvalue weighted by molar-refractivity contribution is 7.89. The third-order valence-electron chi connectivity index (χ3n) is 2.65. The zero-order valence-electron chi connectivity index (χ0n) is 11.1. The number of aryl methyl sites for hydroxylation is 2. The van der Waals surface area contributed by atoms with Crippen LogP contribution < -0.4 is 4.72 Å². The van der Waals surface area contributed by atoms with Crippen LogP contribution in [0.1, 0.15) is 22.9 Å². The fourth-order valence-electron chi connectivity index (χ4n) is 1.63. The summed E-state index contributed by atoms with van der Waals surface area (Å²) in [6.07, 6.45) is 3.08. The predicted molar refractivity (Wildman–Crippen MR) is 70.2 cm³/mol. The molecular formula is C12H15N3O4S. The molecule has 0 saturated carbocycles. The van der Waals surface area contributed by atoms with Gasteiger partial charge in [0.05, 0.1) is 24.1 Å². The molecule has 2 N–H and O–H groups in total. The monoisotopic (exact) mass is 297 g/mol. The molecule has 8 heteroatoms. The van der Waals surface area contributed by atoms with E-state index in [1.165, 1.54) is 19.2 Å². The summed E-state index contributed by atoms with van der Waals surface area (Å²) < 4.78 is 31.8. The first-order chi connectivity index (χ1) is 9.42. The summed E-state index contributed by atoms with van der Waals surface area (Å²) in [6, 6.07) is 1.30. The number of hydrogen-bond donors (Lipinski definition) is 2. The van der Waals surface area contributed by atoms with Crippen LogP contribution in [-0.4, -0.2) is 23.5 Å². The number of hydrogen-bond acceptors (Lipinski definition) is 6. The highest BCUT2D eigenvalue weighted by Crippen LogP contribution is 2.19. The van der Waals surface area contributed by atoms with E-state index < -0.39 is 10.0 Å². The van der Waals surface area contributed by atoms with Gasteiger partial charge in [0.15, 0.2) is 0 Å². The van der Waals surface area contributed by atoms with Crippen LogP contribution in [0.25, 0.3) is 0 Å². The number of aliphatic hydroxyl groups excluding tert-OH is 1. The van der Waals surface area contributed by atoms with Crippen molar-refractivity contribution in [1.29, 1.82) is 0 Å². The zero-order chi connectivity index (χ0) is 14.8. The summed E-state index contributed by atoms with van der Waals surface area (Å²) in [6.45, 7) is 3.01. The molecule has 0 fully saturated rings. The lowest BCUT2D eigenvalue weighted by Gasteiger charge is -2.05. The van der Waals surface area contributed by atoms with E-state index in [0.29, 0.717) is 5.69 Å². The van der Waals surface area contributed by atoms with Gasteiger partial charge >= 0.3 is 0 Å². The number of aliphatic hydroxyl groups is 1. The molecule has 0 atom stereocenters. The normalized spacial score (nSPS) is 11.8. The van der Waals surface area contributed by atoms with E-state index in [0.717, 1.165) is 5.69 Å². The predicted octanol–water partition coefficient (Wildman–Crippen LogP) is 0.657. The van der Waals surface area contributed by atoms with Crippen molar-refractivity contribution < 1.29 is 17.9 Å². The summed E-state index contributed by atoms with van der Waals surface area (Å²) in [5.41, 5.74) is 1.28. The van der Waals surface area contributed by atoms with Crippen LogP contribution in [-0.2, 0) is 23.2 Å². The highest BCUT2D eigenvalue weighted by Gasteiger charge is 2.21. The van der Waals surface area contributed by atoms with Crippen LogP contribution in [0.5, 0.6) is 0 Å². The summed E-state index contributed by atoms with van der Waals surface area (Å²) in [5, 5.41) is 8.95. The topological polar surface area (TPSA) is 105 Å². The Morgan fingerprint density at radius 1 is 1.30 bits per heavy atom. The number of aromatic nitrogens is 2. The van der Waals surface area contributed by atoms with E-state index in [9.17, 15) is 8.42 Å². The second-order valence-corrected chi connectivity index (χ2v) is 6.00. The average molecular weight is 297 g/mol. The van der Waals surface area contributed by atoms with Crippen molar-refractivity contribution in [1.82, 2.24) is 14.7 Å². The van der Waals surface area contributed by atoms with Crippen LogP contribution in [0, 0.1) is 13.8 Å². The van der Waals surface area contributed by atoms with E-state index in [-0.39, 0.29) is 29.6 Å². The van der Waals surface area contributed by atoms with Crippen molar-refractivity contribution in [2.75, 3.05) is 0 Å². The maximum atomic E-state index is 12.1. The van der Waals surface area contributed by atoms with Gasteiger partial charge in [-0.3, -0.25) is 9.97 Å². The molecule has 0 aromatic carbocycles. The van der Waals surface area contributed by atoms with Gasteiger partial charge in [0.2, 0.25) is 10.0 Å². The lowest BCUT2D eigenvalue weighted by atomic mass is 10.4. The second kappa shape index (κ2) is 5.70. The number of nitrogens with one attached hydrogen (secondary N) is 1. The molecular weight excluding hydrogens is 282 g/mol. The minimum absolute atomic E-state index is 0.0154. The van der Waals surface area contributed by atoms with Gasteiger partial charge in [0.1, 0.15) is 23.0 Å². The largest absolute Gasteiger partial charge is 0.462 e. The Balaban J connectivity index is 2.14. The van der Waals surface area contributed by atoms with Crippen molar-refractivity contribution in [2.45, 2.75) is 31.9 Å². The molecule has 0 aliphatic rings. The van der Waals surface area contributed by atoms with Crippen molar-refractivity contribution in [2.24, 2.45) is 0 Å². The van der Waals surface area contributed by atoms with Gasteiger partial charge in [0.25, 0.3) is 0 Å². The number of sulfonamides is 1. The molecule has 2 aromatic heterocycles. The van der Waals surface area contributed by atoms with Gasteiger partial charge in [-0.15, -0.1) is 0 Å². The summed E-state index contributed by atoms with van der Waals surface area (Å²) >= 11 is 0. The Labute approximate surface area is 116 Å². The standard InChI is InChI=1S/C12H15N3O4S/c1-8-4-14-10(5-13-8)6-15-20(17,18)12-3-11(7-16)19-9(12)2/h3-5,15-16H,6-7H2,1-2H3. The fourth-order valence-corrected chi connectivity index (χ4v) is 2.83. The Kier molecular flexibility index (Phi) is 4.17. The molecule has 0 amide bonds. The van der Waals surface area contributed by atoms with Crippen LogP contribution in [0.4, 0.5) is 0 Å². The molecule has 2 aromatic rings. The zero-order valence-corrected chi connectivity index (χ0v) is 11.9. The Bertz CT molecular complexity index is 692. The van der Waals surface area contributed by atoms with Gasteiger partial charge in [-0.2, -0.15) is 0 Å². The van der Waals surface area contributed by atoms with E-state index in [4.69, 9.17) is 9.52 Å². The summed E-state index contributed by atoms with van der Waals surface area (Å²) in [4.78, 5) is 8.12. The Morgan fingerprint density at radius 2 is 2.05 bits per heavy atom. The third-order valence-corrected chi connectivity index (χ3v) is 4.16. The van der Waals surface area contributed by atoms with Gasteiger partial charge in [-0.25, -0.2) is 13.1 Å². The van der Waals surface area contributed by atoms with Crippen molar-refractivity contribution in [3.05, 3.63) is 41.4 Å². The minimum Gasteiger partial charge on any atom is -0.462 e. The molecule has 0 aliphatic heterocycles. The average Bonchev–Trinajstić information content (AvgIpc) is 2.80. The SMILES string of the molecule is Cc1cnc(CNS(=O)(=O)c2cc(CO)oc2C)cn1. The molecule has 0 radical (unpaired) electrons. The van der Waals surface area contributed by atoms with Crippen LogP contribution in [0.3, 0.4) is 0 Å². The lowest BCUT2D eigenvalue weighted by Crippen LogP contribution is -2.24. The first-order valence-electron chi connectivity index (χ1n) is 5.90. The maximum Gasteiger partial charge on any atom is 0.244 e. The first-order valence-corrected chi connectivity index (χ1v) is 7.38.